The minimum atomic E-state index is -0.192. The van der Waals surface area contributed by atoms with Gasteiger partial charge in [-0.25, -0.2) is 4.39 Å². The van der Waals surface area contributed by atoms with Crippen molar-refractivity contribution in [1.29, 1.82) is 0 Å². The Morgan fingerprint density at radius 3 is 2.81 bits per heavy atom. The van der Waals surface area contributed by atoms with E-state index in [1.165, 1.54) is 18.9 Å². The maximum Gasteiger partial charge on any atom is 0.126 e. The van der Waals surface area contributed by atoms with Gasteiger partial charge >= 0.3 is 0 Å². The summed E-state index contributed by atoms with van der Waals surface area (Å²) in [4.78, 5) is 0. The van der Waals surface area contributed by atoms with E-state index in [4.69, 9.17) is 0 Å². The van der Waals surface area contributed by atoms with E-state index in [9.17, 15) is 9.50 Å². The molecule has 2 nitrogen and oxygen atoms in total. The van der Waals surface area contributed by atoms with E-state index >= 15 is 0 Å². The molecule has 2 N–H and O–H groups in total. The second kappa shape index (κ2) is 4.93. The first kappa shape index (κ1) is 11.6. The molecule has 0 aromatic heterocycles. The number of hydrogen-bond donors (Lipinski definition) is 2. The molecule has 1 saturated carbocycles. The van der Waals surface area contributed by atoms with Gasteiger partial charge in [0.05, 0.1) is 12.6 Å². The zero-order valence-corrected chi connectivity index (χ0v) is 9.54. The molecule has 0 spiro atoms. The van der Waals surface area contributed by atoms with Crippen LogP contribution in [0.2, 0.25) is 0 Å². The fourth-order valence-corrected chi connectivity index (χ4v) is 1.80. The maximum atomic E-state index is 13.1. The lowest BCUT2D eigenvalue weighted by Gasteiger charge is -2.17. The number of rotatable bonds is 5. The lowest BCUT2D eigenvalue weighted by Crippen LogP contribution is -2.26. The van der Waals surface area contributed by atoms with Crippen LogP contribution in [0.5, 0.6) is 0 Å². The van der Waals surface area contributed by atoms with E-state index in [1.807, 2.05) is 0 Å². The van der Waals surface area contributed by atoms with Gasteiger partial charge < -0.3 is 10.4 Å². The van der Waals surface area contributed by atoms with Crippen molar-refractivity contribution in [3.8, 4) is 0 Å². The van der Waals surface area contributed by atoms with Crippen LogP contribution in [0, 0.1) is 18.7 Å². The van der Waals surface area contributed by atoms with Crippen LogP contribution in [0.4, 0.5) is 4.39 Å². The van der Waals surface area contributed by atoms with Crippen molar-refractivity contribution < 1.29 is 9.50 Å². The smallest absolute Gasteiger partial charge is 0.126 e. The lowest BCUT2D eigenvalue weighted by atomic mass is 10.0. The van der Waals surface area contributed by atoms with Gasteiger partial charge in [0.25, 0.3) is 0 Å². The summed E-state index contributed by atoms with van der Waals surface area (Å²) in [7, 11) is 0. The third kappa shape index (κ3) is 2.80. The zero-order valence-electron chi connectivity index (χ0n) is 9.54. The normalized spacial score (nSPS) is 17.4. The highest BCUT2D eigenvalue weighted by atomic mass is 19.1. The quantitative estimate of drug-likeness (QED) is 0.801. The molecule has 1 atom stereocenters. The van der Waals surface area contributed by atoms with Crippen LogP contribution in [0.25, 0.3) is 0 Å². The Hall–Kier alpha value is -0.930. The molecule has 0 saturated heterocycles. The van der Waals surface area contributed by atoms with Gasteiger partial charge in [-0.3, -0.25) is 0 Å². The topological polar surface area (TPSA) is 32.3 Å². The first-order valence-electron chi connectivity index (χ1n) is 5.81. The SMILES string of the molecule is Cc1cc(C(CO)NCC2CC2)ccc1F. The summed E-state index contributed by atoms with van der Waals surface area (Å²) >= 11 is 0. The van der Waals surface area contributed by atoms with Gasteiger partial charge in [0.1, 0.15) is 5.82 Å². The molecule has 88 valence electrons. The van der Waals surface area contributed by atoms with Gasteiger partial charge in [0.2, 0.25) is 0 Å². The first-order chi connectivity index (χ1) is 7.70. The van der Waals surface area contributed by atoms with Gasteiger partial charge in [-0.2, -0.15) is 0 Å². The summed E-state index contributed by atoms with van der Waals surface area (Å²) < 4.78 is 13.1. The molecule has 1 aromatic rings. The van der Waals surface area contributed by atoms with Crippen LogP contribution in [0.15, 0.2) is 18.2 Å². The number of hydrogen-bond acceptors (Lipinski definition) is 2. The van der Waals surface area contributed by atoms with Crippen LogP contribution < -0.4 is 5.32 Å². The van der Waals surface area contributed by atoms with E-state index in [2.05, 4.69) is 5.32 Å². The van der Waals surface area contributed by atoms with Gasteiger partial charge in [-0.05, 0) is 49.4 Å². The average Bonchev–Trinajstić information content (AvgIpc) is 3.08. The molecule has 2 rings (SSSR count). The van der Waals surface area contributed by atoms with Crippen molar-refractivity contribution in [3.63, 3.8) is 0 Å². The van der Waals surface area contributed by atoms with E-state index in [0.29, 0.717) is 5.56 Å². The maximum absolute atomic E-state index is 13.1. The molecule has 0 aliphatic heterocycles. The van der Waals surface area contributed by atoms with Gasteiger partial charge in [0, 0.05) is 0 Å². The molecule has 0 amide bonds. The van der Waals surface area contributed by atoms with E-state index in [1.54, 1.807) is 19.1 Å². The van der Waals surface area contributed by atoms with E-state index < -0.39 is 0 Å². The van der Waals surface area contributed by atoms with Crippen LogP contribution in [-0.4, -0.2) is 18.3 Å². The Morgan fingerprint density at radius 2 is 2.25 bits per heavy atom. The fraction of sp³-hybridized carbons (Fsp3) is 0.538. The predicted molar refractivity (Wildman–Crippen MR) is 61.7 cm³/mol. The van der Waals surface area contributed by atoms with Gasteiger partial charge in [-0.1, -0.05) is 12.1 Å². The largest absolute Gasteiger partial charge is 0.394 e. The summed E-state index contributed by atoms with van der Waals surface area (Å²) in [6.45, 7) is 2.74. The van der Waals surface area contributed by atoms with Gasteiger partial charge in [-0.15, -0.1) is 0 Å². The Balaban J connectivity index is 2.02. The van der Waals surface area contributed by atoms with Crippen LogP contribution in [0.3, 0.4) is 0 Å². The number of nitrogens with one attached hydrogen (secondary N) is 1. The highest BCUT2D eigenvalue weighted by Crippen LogP contribution is 2.28. The summed E-state index contributed by atoms with van der Waals surface area (Å²) in [6.07, 6.45) is 2.57. The summed E-state index contributed by atoms with van der Waals surface area (Å²) in [5.74, 6) is 0.582. The molecule has 0 radical (unpaired) electrons. The van der Waals surface area contributed by atoms with Crippen molar-refractivity contribution in [1.82, 2.24) is 5.32 Å². The molecule has 1 fully saturated rings. The molecule has 3 heteroatoms. The fourth-order valence-electron chi connectivity index (χ4n) is 1.80. The van der Waals surface area contributed by atoms with Crippen molar-refractivity contribution >= 4 is 0 Å². The molecule has 1 unspecified atom stereocenters. The standard InChI is InChI=1S/C13H18FNO/c1-9-6-11(4-5-12(9)14)13(8-16)15-7-10-2-3-10/h4-6,10,13,15-16H,2-3,7-8H2,1H3. The van der Waals surface area contributed by atoms with Crippen molar-refractivity contribution in [2.24, 2.45) is 5.92 Å². The highest BCUT2D eigenvalue weighted by molar-refractivity contribution is 5.26. The Kier molecular flexibility index (Phi) is 3.56. The summed E-state index contributed by atoms with van der Waals surface area (Å²) in [5.41, 5.74) is 1.59. The van der Waals surface area contributed by atoms with Crippen LogP contribution >= 0.6 is 0 Å². The molecule has 1 aliphatic rings. The molecule has 16 heavy (non-hydrogen) atoms. The third-order valence-corrected chi connectivity index (χ3v) is 3.12. The highest BCUT2D eigenvalue weighted by Gasteiger charge is 2.22. The predicted octanol–water partition coefficient (Wildman–Crippen LogP) is 2.17. The number of aryl methyl sites for hydroxylation is 1. The molecular formula is C13H18FNO. The van der Waals surface area contributed by atoms with Crippen molar-refractivity contribution in [2.75, 3.05) is 13.2 Å². The molecule has 0 heterocycles. The number of aliphatic hydroxyl groups excluding tert-OH is 1. The third-order valence-electron chi connectivity index (χ3n) is 3.12. The lowest BCUT2D eigenvalue weighted by molar-refractivity contribution is 0.243. The minimum Gasteiger partial charge on any atom is -0.394 e. The Bertz CT molecular complexity index is 363. The second-order valence-electron chi connectivity index (χ2n) is 4.60. The average molecular weight is 223 g/mol. The van der Waals surface area contributed by atoms with E-state index in [-0.39, 0.29) is 18.5 Å². The number of halogens is 1. The molecule has 1 aromatic carbocycles. The molecule has 0 bridgehead atoms. The van der Waals surface area contributed by atoms with Gasteiger partial charge in [0.15, 0.2) is 0 Å². The van der Waals surface area contributed by atoms with Crippen LogP contribution in [-0.2, 0) is 0 Å². The van der Waals surface area contributed by atoms with E-state index in [0.717, 1.165) is 18.0 Å². The van der Waals surface area contributed by atoms with Crippen LogP contribution in [0.1, 0.15) is 30.0 Å². The molecule has 1 aliphatic carbocycles. The summed E-state index contributed by atoms with van der Waals surface area (Å²) in [6, 6.07) is 4.94. The monoisotopic (exact) mass is 223 g/mol. The Labute approximate surface area is 95.5 Å². The minimum absolute atomic E-state index is 0.0534. The zero-order chi connectivity index (χ0) is 11.5. The first-order valence-corrected chi connectivity index (χ1v) is 5.81. The number of aliphatic hydroxyl groups is 1. The molecular weight excluding hydrogens is 205 g/mol. The number of benzene rings is 1. The second-order valence-corrected chi connectivity index (χ2v) is 4.60. The van der Waals surface area contributed by atoms with Crippen molar-refractivity contribution in [2.45, 2.75) is 25.8 Å². The van der Waals surface area contributed by atoms with Crippen molar-refractivity contribution in [3.05, 3.63) is 35.1 Å². The Morgan fingerprint density at radius 1 is 1.50 bits per heavy atom. The summed E-state index contributed by atoms with van der Waals surface area (Å²) in [5, 5.41) is 12.6.